The fourth-order valence-corrected chi connectivity index (χ4v) is 4.18. The van der Waals surface area contributed by atoms with Gasteiger partial charge in [-0.3, -0.25) is 5.10 Å². The molecule has 0 saturated carbocycles. The van der Waals surface area contributed by atoms with E-state index in [1.165, 1.54) is 6.42 Å². The molecule has 0 aliphatic carbocycles. The van der Waals surface area contributed by atoms with E-state index in [0.29, 0.717) is 0 Å². The number of H-pyrrole nitrogens is 1. The van der Waals surface area contributed by atoms with E-state index in [-0.39, 0.29) is 6.23 Å². The third kappa shape index (κ3) is 2.65. The molecule has 1 N–H and O–H groups in total. The van der Waals surface area contributed by atoms with Crippen molar-refractivity contribution < 1.29 is 4.74 Å². The van der Waals surface area contributed by atoms with Crippen LogP contribution in [0.1, 0.15) is 42.6 Å². The van der Waals surface area contributed by atoms with E-state index >= 15 is 0 Å². The van der Waals surface area contributed by atoms with Crippen molar-refractivity contribution in [3.8, 4) is 22.5 Å². The quantitative estimate of drug-likeness (QED) is 0.581. The van der Waals surface area contributed by atoms with Crippen LogP contribution < -0.4 is 0 Å². The third-order valence-electron chi connectivity index (χ3n) is 5.49. The molecule has 1 aliphatic heterocycles. The first-order valence-corrected chi connectivity index (χ1v) is 9.80. The van der Waals surface area contributed by atoms with Gasteiger partial charge in [-0.2, -0.15) is 15.3 Å². The minimum atomic E-state index is -0.00561. The maximum Gasteiger partial charge on any atom is 0.150 e. The van der Waals surface area contributed by atoms with Crippen LogP contribution in [0.15, 0.2) is 30.5 Å². The van der Waals surface area contributed by atoms with E-state index < -0.39 is 0 Å². The second-order valence-corrected chi connectivity index (χ2v) is 7.51. The van der Waals surface area contributed by atoms with Gasteiger partial charge in [-0.25, -0.2) is 9.20 Å². The van der Waals surface area contributed by atoms with Crippen LogP contribution in [0.4, 0.5) is 0 Å². The van der Waals surface area contributed by atoms with Gasteiger partial charge in [0, 0.05) is 23.4 Å². The third-order valence-corrected chi connectivity index (χ3v) is 5.49. The van der Waals surface area contributed by atoms with Gasteiger partial charge in [-0.15, -0.1) is 0 Å². The minimum absolute atomic E-state index is 0.00561. The smallest absolute Gasteiger partial charge is 0.150 e. The lowest BCUT2D eigenvalue weighted by atomic mass is 10.1. The van der Waals surface area contributed by atoms with Gasteiger partial charge in [0.25, 0.3) is 0 Å². The molecule has 0 aromatic carbocycles. The summed E-state index contributed by atoms with van der Waals surface area (Å²) in [7, 11) is 0. The highest BCUT2D eigenvalue weighted by molar-refractivity contribution is 5.81. The summed E-state index contributed by atoms with van der Waals surface area (Å²) in [5, 5.41) is 16.9. The van der Waals surface area contributed by atoms with Crippen molar-refractivity contribution in [2.45, 2.75) is 46.3 Å². The monoisotopic (exact) mass is 376 g/mol. The number of nitrogens with zero attached hydrogens (tertiary/aromatic N) is 5. The predicted octanol–water partition coefficient (Wildman–Crippen LogP) is 4.21. The van der Waals surface area contributed by atoms with E-state index in [2.05, 4.69) is 34.5 Å². The molecule has 5 rings (SSSR count). The Hall–Kier alpha value is -2.93. The van der Waals surface area contributed by atoms with Crippen LogP contribution in [0, 0.1) is 20.8 Å². The molecule has 144 valence electrons. The predicted molar refractivity (Wildman–Crippen MR) is 107 cm³/mol. The van der Waals surface area contributed by atoms with Crippen molar-refractivity contribution >= 4 is 5.52 Å². The van der Waals surface area contributed by atoms with Crippen LogP contribution in [0.5, 0.6) is 0 Å². The minimum Gasteiger partial charge on any atom is -0.356 e. The van der Waals surface area contributed by atoms with Crippen LogP contribution in [0.3, 0.4) is 0 Å². The molecule has 7 heteroatoms. The molecule has 28 heavy (non-hydrogen) atoms. The number of nitrogens with one attached hydrogen (secondary N) is 1. The second-order valence-electron chi connectivity index (χ2n) is 7.51. The average Bonchev–Trinajstić information content (AvgIpc) is 3.39. The van der Waals surface area contributed by atoms with Gasteiger partial charge < -0.3 is 4.74 Å². The maximum atomic E-state index is 6.00. The first kappa shape index (κ1) is 17.2. The van der Waals surface area contributed by atoms with Crippen molar-refractivity contribution in [2.75, 3.05) is 6.61 Å². The van der Waals surface area contributed by atoms with Crippen molar-refractivity contribution in [3.05, 3.63) is 47.5 Å². The lowest BCUT2D eigenvalue weighted by Gasteiger charge is -2.24. The van der Waals surface area contributed by atoms with Crippen LogP contribution in [0.2, 0.25) is 0 Å². The van der Waals surface area contributed by atoms with Crippen LogP contribution in [-0.2, 0) is 4.74 Å². The standard InChI is InChI=1S/C21H24N6O/c1-13-11-19(27(25-13)20-9-4-5-10-28-20)16-12-22-26-17(16)7-6-8-18(26)21-14(2)23-24-15(21)3/h6-8,11-12,20H,4-5,9-10H2,1-3H3,(H,23,24). The van der Waals surface area contributed by atoms with Crippen LogP contribution >= 0.6 is 0 Å². The number of rotatable bonds is 3. The highest BCUT2D eigenvalue weighted by atomic mass is 16.5. The summed E-state index contributed by atoms with van der Waals surface area (Å²) in [6.45, 7) is 6.87. The van der Waals surface area contributed by atoms with Gasteiger partial charge in [-0.05, 0) is 58.2 Å². The Balaban J connectivity index is 1.67. The Bertz CT molecular complexity index is 1130. The van der Waals surface area contributed by atoms with Crippen LogP contribution in [-0.4, -0.2) is 36.2 Å². The topological polar surface area (TPSA) is 73.0 Å². The summed E-state index contributed by atoms with van der Waals surface area (Å²) in [5.74, 6) is 0. The molecule has 1 fully saturated rings. The number of hydrogen-bond donors (Lipinski definition) is 1. The molecule has 0 spiro atoms. The zero-order valence-electron chi connectivity index (χ0n) is 16.4. The van der Waals surface area contributed by atoms with E-state index in [1.807, 2.05) is 36.2 Å². The molecule has 1 saturated heterocycles. The van der Waals surface area contributed by atoms with Crippen molar-refractivity contribution in [1.82, 2.24) is 29.6 Å². The van der Waals surface area contributed by atoms with E-state index in [0.717, 1.165) is 64.6 Å². The Morgan fingerprint density at radius 2 is 2.04 bits per heavy atom. The fourth-order valence-electron chi connectivity index (χ4n) is 4.18. The molecule has 0 amide bonds. The van der Waals surface area contributed by atoms with Crippen LogP contribution in [0.25, 0.3) is 28.0 Å². The Kier molecular flexibility index (Phi) is 4.05. The lowest BCUT2D eigenvalue weighted by Crippen LogP contribution is -2.20. The Morgan fingerprint density at radius 1 is 1.14 bits per heavy atom. The molecule has 7 nitrogen and oxygen atoms in total. The molecule has 1 unspecified atom stereocenters. The zero-order valence-corrected chi connectivity index (χ0v) is 16.4. The first-order valence-electron chi connectivity index (χ1n) is 9.80. The van der Waals surface area contributed by atoms with Crippen molar-refractivity contribution in [3.63, 3.8) is 0 Å². The van der Waals surface area contributed by atoms with Crippen molar-refractivity contribution in [1.29, 1.82) is 0 Å². The number of fused-ring (bicyclic) bond motifs is 1. The average molecular weight is 376 g/mol. The molecule has 5 heterocycles. The molecular formula is C21H24N6O. The van der Waals surface area contributed by atoms with Crippen molar-refractivity contribution in [2.24, 2.45) is 0 Å². The number of hydrogen-bond acceptors (Lipinski definition) is 4. The number of ether oxygens (including phenoxy) is 1. The first-order chi connectivity index (χ1) is 13.6. The molecule has 1 atom stereocenters. The molecule has 4 aromatic heterocycles. The second kappa shape index (κ2) is 6.60. The molecule has 0 radical (unpaired) electrons. The number of aryl methyl sites for hydroxylation is 3. The summed E-state index contributed by atoms with van der Waals surface area (Å²) in [5.41, 5.74) is 8.30. The van der Waals surface area contributed by atoms with E-state index in [4.69, 9.17) is 14.9 Å². The maximum absolute atomic E-state index is 6.00. The Labute approximate surface area is 163 Å². The van der Waals surface area contributed by atoms with E-state index in [9.17, 15) is 0 Å². The SMILES string of the molecule is Cc1cc(-c2cnn3c(-c4c(C)n[nH]c4C)cccc23)n(C2CCCCO2)n1. The fraction of sp³-hybridized carbons (Fsp3) is 0.381. The largest absolute Gasteiger partial charge is 0.356 e. The summed E-state index contributed by atoms with van der Waals surface area (Å²) >= 11 is 0. The van der Waals surface area contributed by atoms with Gasteiger partial charge in [0.15, 0.2) is 6.23 Å². The number of pyridine rings is 1. The van der Waals surface area contributed by atoms with Gasteiger partial charge in [0.2, 0.25) is 0 Å². The van der Waals surface area contributed by atoms with Gasteiger partial charge >= 0.3 is 0 Å². The normalized spacial score (nSPS) is 17.5. The molecular weight excluding hydrogens is 352 g/mol. The highest BCUT2D eigenvalue weighted by Gasteiger charge is 2.23. The molecule has 4 aromatic rings. The zero-order chi connectivity index (χ0) is 19.3. The number of aromatic nitrogens is 6. The lowest BCUT2D eigenvalue weighted by molar-refractivity contribution is -0.0385. The number of aromatic amines is 1. The van der Waals surface area contributed by atoms with Gasteiger partial charge in [0.05, 0.1) is 34.5 Å². The summed E-state index contributed by atoms with van der Waals surface area (Å²) in [4.78, 5) is 0. The highest BCUT2D eigenvalue weighted by Crippen LogP contribution is 2.33. The van der Waals surface area contributed by atoms with Gasteiger partial charge in [-0.1, -0.05) is 6.07 Å². The molecule has 1 aliphatic rings. The summed E-state index contributed by atoms with van der Waals surface area (Å²) in [6, 6.07) is 8.38. The molecule has 0 bridgehead atoms. The van der Waals surface area contributed by atoms with E-state index in [1.54, 1.807) is 0 Å². The Morgan fingerprint density at radius 3 is 2.79 bits per heavy atom. The summed E-state index contributed by atoms with van der Waals surface area (Å²) in [6.07, 6.45) is 5.20. The van der Waals surface area contributed by atoms with Gasteiger partial charge in [0.1, 0.15) is 0 Å². The summed E-state index contributed by atoms with van der Waals surface area (Å²) < 4.78 is 10.0.